The molecule has 1 N–H and O–H groups in total. The van der Waals surface area contributed by atoms with Gasteiger partial charge in [0.15, 0.2) is 0 Å². The number of carboxylic acids is 1. The summed E-state index contributed by atoms with van der Waals surface area (Å²) in [6.45, 7) is 1.08. The molecule has 1 aliphatic rings. The van der Waals surface area contributed by atoms with Crippen molar-refractivity contribution in [2.24, 2.45) is 5.10 Å². The Morgan fingerprint density at radius 3 is 2.24 bits per heavy atom. The van der Waals surface area contributed by atoms with E-state index in [9.17, 15) is 4.79 Å². The van der Waals surface area contributed by atoms with Crippen LogP contribution in [0.2, 0.25) is 0 Å². The highest BCUT2D eigenvalue weighted by molar-refractivity contribution is 6.06. The van der Waals surface area contributed by atoms with E-state index in [0.717, 1.165) is 40.5 Å². The largest absolute Gasteiger partial charge is 0.497 e. The molecule has 0 aliphatic carbocycles. The molecule has 6 nitrogen and oxygen atoms in total. The van der Waals surface area contributed by atoms with Crippen molar-refractivity contribution in [2.45, 2.75) is 19.4 Å². The Labute approximate surface area is 216 Å². The topological polar surface area (TPSA) is 79.2 Å². The van der Waals surface area contributed by atoms with Crippen molar-refractivity contribution in [2.75, 3.05) is 7.11 Å². The van der Waals surface area contributed by atoms with E-state index in [-0.39, 0.29) is 11.9 Å². The van der Waals surface area contributed by atoms with Gasteiger partial charge in [0, 0.05) is 19.4 Å². The summed E-state index contributed by atoms with van der Waals surface area (Å²) in [4.78, 5) is 22.2. The van der Waals surface area contributed by atoms with Gasteiger partial charge in [0.25, 0.3) is 11.9 Å². The maximum Gasteiger partial charge on any atom is 0.300 e. The molecule has 0 saturated heterocycles. The number of aliphatic carboxylic acids is 1. The van der Waals surface area contributed by atoms with Crippen molar-refractivity contribution >= 4 is 34.4 Å². The standard InChI is InChI=1S/C29H24N2O2.C2H4O2/c1-33-26-16-14-23(15-17-26)28-20-27(25-13-12-22-9-5-6-10-24(22)19-25)30-31(28)29(32)18-11-21-7-3-2-4-8-21;1-2(3)4/h2-19,28H,20H2,1H3;1H3,(H,3,4). The van der Waals surface area contributed by atoms with Gasteiger partial charge in [-0.05, 0) is 51.7 Å². The van der Waals surface area contributed by atoms with Crippen LogP contribution in [-0.2, 0) is 9.59 Å². The molecule has 0 aromatic heterocycles. The highest BCUT2D eigenvalue weighted by Crippen LogP contribution is 2.34. The van der Waals surface area contributed by atoms with Gasteiger partial charge in [-0.15, -0.1) is 0 Å². The van der Waals surface area contributed by atoms with E-state index < -0.39 is 5.97 Å². The summed E-state index contributed by atoms with van der Waals surface area (Å²) in [5.74, 6) is -0.190. The Kier molecular flexibility index (Phi) is 8.11. The van der Waals surface area contributed by atoms with E-state index >= 15 is 0 Å². The second-order valence-electron chi connectivity index (χ2n) is 8.55. The highest BCUT2D eigenvalue weighted by atomic mass is 16.5. The third-order valence-electron chi connectivity index (χ3n) is 5.94. The van der Waals surface area contributed by atoms with E-state index in [2.05, 4.69) is 30.3 Å². The molecule has 1 heterocycles. The molecular formula is C31H28N2O4. The number of hydrazone groups is 1. The van der Waals surface area contributed by atoms with E-state index in [1.54, 1.807) is 18.2 Å². The first kappa shape index (κ1) is 25.4. The second-order valence-corrected chi connectivity index (χ2v) is 8.55. The van der Waals surface area contributed by atoms with Crippen LogP contribution in [0.4, 0.5) is 0 Å². The molecule has 0 saturated carbocycles. The van der Waals surface area contributed by atoms with Crippen LogP contribution in [0.3, 0.4) is 0 Å². The molecule has 0 spiro atoms. The summed E-state index contributed by atoms with van der Waals surface area (Å²) in [6.07, 6.45) is 4.07. The summed E-state index contributed by atoms with van der Waals surface area (Å²) < 4.78 is 5.30. The summed E-state index contributed by atoms with van der Waals surface area (Å²) >= 11 is 0. The van der Waals surface area contributed by atoms with Gasteiger partial charge in [-0.25, -0.2) is 5.01 Å². The van der Waals surface area contributed by atoms with Crippen LogP contribution < -0.4 is 4.74 Å². The lowest BCUT2D eigenvalue weighted by Gasteiger charge is -2.21. The number of hydrogen-bond acceptors (Lipinski definition) is 4. The molecular weight excluding hydrogens is 464 g/mol. The molecule has 1 amide bonds. The third kappa shape index (κ3) is 6.49. The van der Waals surface area contributed by atoms with E-state index in [1.165, 1.54) is 5.39 Å². The van der Waals surface area contributed by atoms with Gasteiger partial charge in [-0.3, -0.25) is 9.59 Å². The molecule has 186 valence electrons. The maximum absolute atomic E-state index is 13.2. The molecule has 4 aromatic carbocycles. The summed E-state index contributed by atoms with van der Waals surface area (Å²) in [5.41, 5.74) is 3.94. The van der Waals surface area contributed by atoms with Gasteiger partial charge in [0.2, 0.25) is 0 Å². The van der Waals surface area contributed by atoms with Gasteiger partial charge in [-0.2, -0.15) is 5.10 Å². The molecule has 1 atom stereocenters. The first-order valence-electron chi connectivity index (χ1n) is 11.9. The number of fused-ring (bicyclic) bond motifs is 1. The van der Waals surface area contributed by atoms with Gasteiger partial charge in [0.1, 0.15) is 5.75 Å². The molecule has 0 bridgehead atoms. The van der Waals surface area contributed by atoms with Crippen LogP contribution in [0, 0.1) is 0 Å². The molecule has 1 aliphatic heterocycles. The Bertz CT molecular complexity index is 1440. The number of methoxy groups -OCH3 is 1. The zero-order valence-electron chi connectivity index (χ0n) is 20.7. The summed E-state index contributed by atoms with van der Waals surface area (Å²) in [6, 6.07) is 32.1. The maximum atomic E-state index is 13.2. The number of ether oxygens (including phenoxy) is 1. The van der Waals surface area contributed by atoms with Gasteiger partial charge in [-0.1, -0.05) is 78.9 Å². The Morgan fingerprint density at radius 1 is 0.919 bits per heavy atom. The van der Waals surface area contributed by atoms with Crippen LogP contribution in [0.1, 0.15) is 36.1 Å². The molecule has 1 unspecified atom stereocenters. The quantitative estimate of drug-likeness (QED) is 0.330. The molecule has 6 heteroatoms. The van der Waals surface area contributed by atoms with Crippen LogP contribution in [-0.4, -0.2) is 34.8 Å². The number of carboxylic acid groups (broad SMARTS) is 1. The lowest BCUT2D eigenvalue weighted by atomic mass is 9.97. The molecule has 37 heavy (non-hydrogen) atoms. The lowest BCUT2D eigenvalue weighted by Crippen LogP contribution is -2.25. The van der Waals surface area contributed by atoms with E-state index in [4.69, 9.17) is 19.7 Å². The number of amides is 1. The Hall–Kier alpha value is -4.71. The van der Waals surface area contributed by atoms with Gasteiger partial charge < -0.3 is 9.84 Å². The SMILES string of the molecule is CC(=O)O.COc1ccc(C2CC(c3ccc4ccccc4c3)=NN2C(=O)C=Cc2ccccc2)cc1. The number of rotatable bonds is 5. The molecule has 0 radical (unpaired) electrons. The second kappa shape index (κ2) is 11.8. The minimum absolute atomic E-state index is 0.143. The average Bonchev–Trinajstić information content (AvgIpc) is 3.37. The normalized spacial score (nSPS) is 14.7. The number of carbonyl (C=O) groups is 2. The lowest BCUT2D eigenvalue weighted by molar-refractivity contribution is -0.134. The average molecular weight is 493 g/mol. The Morgan fingerprint density at radius 2 is 1.57 bits per heavy atom. The van der Waals surface area contributed by atoms with Crippen molar-refractivity contribution in [3.8, 4) is 5.75 Å². The van der Waals surface area contributed by atoms with Crippen LogP contribution in [0.25, 0.3) is 16.8 Å². The molecule has 4 aromatic rings. The smallest absolute Gasteiger partial charge is 0.300 e. The fourth-order valence-electron chi connectivity index (χ4n) is 4.15. The number of nitrogens with zero attached hydrogens (tertiary/aromatic N) is 2. The van der Waals surface area contributed by atoms with Crippen molar-refractivity contribution in [3.63, 3.8) is 0 Å². The minimum atomic E-state index is -0.833. The predicted molar refractivity (Wildman–Crippen MR) is 146 cm³/mol. The number of carbonyl (C=O) groups excluding carboxylic acids is 1. The van der Waals surface area contributed by atoms with Crippen LogP contribution in [0.5, 0.6) is 5.75 Å². The highest BCUT2D eigenvalue weighted by Gasteiger charge is 2.32. The monoisotopic (exact) mass is 492 g/mol. The summed E-state index contributed by atoms with van der Waals surface area (Å²) in [7, 11) is 1.65. The fourth-order valence-corrected chi connectivity index (χ4v) is 4.15. The van der Waals surface area contributed by atoms with E-state index in [1.807, 2.05) is 72.8 Å². The van der Waals surface area contributed by atoms with E-state index in [0.29, 0.717) is 6.42 Å². The fraction of sp³-hybridized carbons (Fsp3) is 0.129. The zero-order chi connectivity index (χ0) is 26.2. The van der Waals surface area contributed by atoms with Gasteiger partial charge in [0.05, 0.1) is 18.9 Å². The van der Waals surface area contributed by atoms with Crippen molar-refractivity contribution in [3.05, 3.63) is 120 Å². The summed E-state index contributed by atoms with van der Waals surface area (Å²) in [5, 5.41) is 16.2. The van der Waals surface area contributed by atoms with Crippen LogP contribution in [0.15, 0.2) is 108 Å². The first-order valence-corrected chi connectivity index (χ1v) is 11.9. The minimum Gasteiger partial charge on any atom is -0.497 e. The third-order valence-corrected chi connectivity index (χ3v) is 5.94. The Balaban J connectivity index is 0.000000747. The predicted octanol–water partition coefficient (Wildman–Crippen LogP) is 6.33. The van der Waals surface area contributed by atoms with Gasteiger partial charge >= 0.3 is 0 Å². The van der Waals surface area contributed by atoms with Crippen molar-refractivity contribution in [1.82, 2.24) is 5.01 Å². The van der Waals surface area contributed by atoms with Crippen molar-refractivity contribution in [1.29, 1.82) is 0 Å². The molecule has 0 fully saturated rings. The number of benzene rings is 4. The number of hydrogen-bond donors (Lipinski definition) is 1. The zero-order valence-corrected chi connectivity index (χ0v) is 20.7. The molecule has 5 rings (SSSR count). The van der Waals surface area contributed by atoms with Crippen molar-refractivity contribution < 1.29 is 19.4 Å². The first-order chi connectivity index (χ1) is 17.9. The van der Waals surface area contributed by atoms with Crippen LogP contribution >= 0.6 is 0 Å².